The summed E-state index contributed by atoms with van der Waals surface area (Å²) in [7, 11) is 0. The monoisotopic (exact) mass is 362 g/mol. The summed E-state index contributed by atoms with van der Waals surface area (Å²) in [6.45, 7) is 2.58. The molecule has 0 aliphatic carbocycles. The maximum Gasteiger partial charge on any atom is 0.416 e. The molecule has 1 unspecified atom stereocenters. The molecule has 0 radical (unpaired) electrons. The number of hydrogen-bond donors (Lipinski definition) is 1. The van der Waals surface area contributed by atoms with Gasteiger partial charge in [-0.2, -0.15) is 18.3 Å². The minimum Gasteiger partial charge on any atom is -0.388 e. The molecule has 0 saturated heterocycles. The lowest BCUT2D eigenvalue weighted by atomic mass is 9.98. The van der Waals surface area contributed by atoms with Gasteiger partial charge in [0.15, 0.2) is 0 Å². The lowest BCUT2D eigenvalue weighted by Crippen LogP contribution is -2.13. The van der Waals surface area contributed by atoms with E-state index in [2.05, 4.69) is 21.0 Å². The maximum atomic E-state index is 13.0. The van der Waals surface area contributed by atoms with E-state index < -0.39 is 17.8 Å². The van der Waals surface area contributed by atoms with E-state index in [0.717, 1.165) is 6.07 Å². The SMILES string of the molecule is CCn1cc(CC(O)c2ccc(Br)cc2C(F)(F)F)cn1. The molecule has 1 N–H and O–H groups in total. The highest BCUT2D eigenvalue weighted by Crippen LogP contribution is 2.37. The van der Waals surface area contributed by atoms with Gasteiger partial charge in [0.25, 0.3) is 0 Å². The number of aliphatic hydroxyl groups excluding tert-OH is 1. The predicted octanol–water partition coefficient (Wildman–Crippen LogP) is 3.96. The Balaban J connectivity index is 2.28. The van der Waals surface area contributed by atoms with Crippen LogP contribution in [0.2, 0.25) is 0 Å². The molecule has 2 rings (SSSR count). The summed E-state index contributed by atoms with van der Waals surface area (Å²) in [6, 6.07) is 3.76. The third-order valence-electron chi connectivity index (χ3n) is 3.12. The molecule has 114 valence electrons. The first-order valence-electron chi connectivity index (χ1n) is 6.37. The predicted molar refractivity (Wildman–Crippen MR) is 75.7 cm³/mol. The van der Waals surface area contributed by atoms with Crippen molar-refractivity contribution < 1.29 is 18.3 Å². The highest BCUT2D eigenvalue weighted by atomic mass is 79.9. The molecule has 1 heterocycles. The van der Waals surface area contributed by atoms with Crippen molar-refractivity contribution in [3.63, 3.8) is 0 Å². The average Bonchev–Trinajstić information content (AvgIpc) is 2.85. The van der Waals surface area contributed by atoms with Crippen molar-refractivity contribution in [2.45, 2.75) is 32.2 Å². The van der Waals surface area contributed by atoms with Crippen molar-refractivity contribution in [3.8, 4) is 0 Å². The van der Waals surface area contributed by atoms with Crippen molar-refractivity contribution in [1.29, 1.82) is 0 Å². The Labute approximate surface area is 128 Å². The van der Waals surface area contributed by atoms with Gasteiger partial charge in [-0.25, -0.2) is 0 Å². The summed E-state index contributed by atoms with van der Waals surface area (Å²) >= 11 is 3.02. The Kier molecular flexibility index (Phi) is 4.73. The van der Waals surface area contributed by atoms with Crippen LogP contribution < -0.4 is 0 Å². The Morgan fingerprint density at radius 3 is 2.67 bits per heavy atom. The van der Waals surface area contributed by atoms with E-state index in [-0.39, 0.29) is 12.0 Å². The number of aromatic nitrogens is 2. The van der Waals surface area contributed by atoms with E-state index in [4.69, 9.17) is 0 Å². The van der Waals surface area contributed by atoms with Crippen LogP contribution in [0.3, 0.4) is 0 Å². The van der Waals surface area contributed by atoms with Crippen molar-refractivity contribution in [2.24, 2.45) is 0 Å². The molecule has 0 bridgehead atoms. The molecule has 0 saturated carbocycles. The Morgan fingerprint density at radius 2 is 2.10 bits per heavy atom. The topological polar surface area (TPSA) is 38.0 Å². The second-order valence-electron chi connectivity index (χ2n) is 4.65. The normalized spacial score (nSPS) is 13.4. The van der Waals surface area contributed by atoms with Crippen LogP contribution >= 0.6 is 15.9 Å². The Bertz CT molecular complexity index is 625. The van der Waals surface area contributed by atoms with Gasteiger partial charge in [-0.1, -0.05) is 22.0 Å². The smallest absolute Gasteiger partial charge is 0.388 e. The zero-order valence-corrected chi connectivity index (χ0v) is 12.8. The quantitative estimate of drug-likeness (QED) is 0.893. The van der Waals surface area contributed by atoms with Gasteiger partial charge in [0.1, 0.15) is 0 Å². The number of alkyl halides is 3. The molecule has 0 fully saturated rings. The number of nitrogens with zero attached hydrogens (tertiary/aromatic N) is 2. The Hall–Kier alpha value is -1.34. The van der Waals surface area contributed by atoms with Crippen molar-refractivity contribution >= 4 is 15.9 Å². The van der Waals surface area contributed by atoms with Crippen LogP contribution in [0.4, 0.5) is 13.2 Å². The first-order valence-corrected chi connectivity index (χ1v) is 7.16. The minimum absolute atomic E-state index is 0.0880. The van der Waals surface area contributed by atoms with Crippen LogP contribution in [0.25, 0.3) is 0 Å². The third kappa shape index (κ3) is 3.85. The average molecular weight is 363 g/mol. The summed E-state index contributed by atoms with van der Waals surface area (Å²) in [5, 5.41) is 14.2. The van der Waals surface area contributed by atoms with Crippen LogP contribution in [-0.4, -0.2) is 14.9 Å². The van der Waals surface area contributed by atoms with Gasteiger partial charge in [0.05, 0.1) is 17.9 Å². The first kappa shape index (κ1) is 16.0. The summed E-state index contributed by atoms with van der Waals surface area (Å²) in [5.41, 5.74) is -0.261. The largest absolute Gasteiger partial charge is 0.416 e. The molecule has 0 aliphatic rings. The van der Waals surface area contributed by atoms with Crippen molar-refractivity contribution in [1.82, 2.24) is 9.78 Å². The van der Waals surface area contributed by atoms with E-state index in [1.807, 2.05) is 6.92 Å². The van der Waals surface area contributed by atoms with Gasteiger partial charge in [-0.05, 0) is 30.2 Å². The molecular weight excluding hydrogens is 349 g/mol. The molecule has 1 aromatic carbocycles. The van der Waals surface area contributed by atoms with E-state index in [1.54, 1.807) is 17.1 Å². The number of aryl methyl sites for hydroxylation is 1. The number of aliphatic hydroxyl groups is 1. The summed E-state index contributed by atoms with van der Waals surface area (Å²) in [5.74, 6) is 0. The highest BCUT2D eigenvalue weighted by Gasteiger charge is 2.35. The molecular formula is C14H14BrF3N2O. The van der Waals surface area contributed by atoms with E-state index >= 15 is 0 Å². The number of rotatable bonds is 4. The number of benzene rings is 1. The molecule has 2 aromatic rings. The van der Waals surface area contributed by atoms with E-state index in [1.165, 1.54) is 12.1 Å². The fraction of sp³-hybridized carbons (Fsp3) is 0.357. The van der Waals surface area contributed by atoms with Gasteiger partial charge < -0.3 is 5.11 Å². The van der Waals surface area contributed by atoms with Gasteiger partial charge in [0, 0.05) is 23.6 Å². The molecule has 21 heavy (non-hydrogen) atoms. The first-order chi connectivity index (χ1) is 9.81. The number of halogens is 4. The summed E-state index contributed by atoms with van der Waals surface area (Å²) in [4.78, 5) is 0. The van der Waals surface area contributed by atoms with Gasteiger partial charge >= 0.3 is 6.18 Å². The standard InChI is InChI=1S/C14H14BrF3N2O/c1-2-20-8-9(7-19-20)5-13(21)11-4-3-10(15)6-12(11)14(16,17)18/h3-4,6-8,13,21H,2,5H2,1H3. The van der Waals surface area contributed by atoms with E-state index in [9.17, 15) is 18.3 Å². The second-order valence-corrected chi connectivity index (χ2v) is 5.57. The molecule has 1 aromatic heterocycles. The number of hydrogen-bond acceptors (Lipinski definition) is 2. The molecule has 3 nitrogen and oxygen atoms in total. The fourth-order valence-corrected chi connectivity index (χ4v) is 2.44. The molecule has 0 amide bonds. The highest BCUT2D eigenvalue weighted by molar-refractivity contribution is 9.10. The maximum absolute atomic E-state index is 13.0. The zero-order chi connectivity index (χ0) is 15.6. The lowest BCUT2D eigenvalue weighted by molar-refractivity contribution is -0.139. The third-order valence-corrected chi connectivity index (χ3v) is 3.61. The van der Waals surface area contributed by atoms with E-state index in [0.29, 0.717) is 16.6 Å². The van der Waals surface area contributed by atoms with Crippen LogP contribution in [0.1, 0.15) is 29.7 Å². The molecule has 1 atom stereocenters. The minimum atomic E-state index is -4.51. The Morgan fingerprint density at radius 1 is 1.38 bits per heavy atom. The molecule has 7 heteroatoms. The lowest BCUT2D eigenvalue weighted by Gasteiger charge is -2.17. The fourth-order valence-electron chi connectivity index (χ4n) is 2.08. The van der Waals surface area contributed by atoms with Crippen LogP contribution in [-0.2, 0) is 19.1 Å². The van der Waals surface area contributed by atoms with Crippen LogP contribution in [0, 0.1) is 0 Å². The molecule has 0 spiro atoms. The van der Waals surface area contributed by atoms with Gasteiger partial charge in [0.2, 0.25) is 0 Å². The van der Waals surface area contributed by atoms with Crippen molar-refractivity contribution in [2.75, 3.05) is 0 Å². The summed E-state index contributed by atoms with van der Waals surface area (Å²) < 4.78 is 41.1. The van der Waals surface area contributed by atoms with Crippen LogP contribution in [0.5, 0.6) is 0 Å². The second kappa shape index (κ2) is 6.19. The molecule has 0 aliphatic heterocycles. The van der Waals surface area contributed by atoms with Gasteiger partial charge in [-0.3, -0.25) is 4.68 Å². The zero-order valence-electron chi connectivity index (χ0n) is 11.2. The van der Waals surface area contributed by atoms with Crippen molar-refractivity contribution in [3.05, 3.63) is 51.8 Å². The van der Waals surface area contributed by atoms with Crippen LogP contribution in [0.15, 0.2) is 35.1 Å². The summed E-state index contributed by atoms with van der Waals surface area (Å²) in [6.07, 6.45) is -2.38. The van der Waals surface area contributed by atoms with Gasteiger partial charge in [-0.15, -0.1) is 0 Å².